The molecule has 19 heavy (non-hydrogen) atoms. The van der Waals surface area contributed by atoms with Crippen LogP contribution < -0.4 is 5.32 Å². The lowest BCUT2D eigenvalue weighted by Gasteiger charge is -2.16. The maximum Gasteiger partial charge on any atom is 0.317 e. The normalized spacial score (nSPS) is 18.3. The number of carboxylic acids is 1. The molecular formula is C13H17N3O3. The Labute approximate surface area is 111 Å². The summed E-state index contributed by atoms with van der Waals surface area (Å²) in [4.78, 5) is 28.3. The SMILES string of the molecule is O=C(O)CC1CCN(C(=O)NCc2ccccn2)C1. The molecule has 1 aromatic heterocycles. The van der Waals surface area contributed by atoms with Crippen LogP contribution in [0.4, 0.5) is 4.79 Å². The molecule has 0 saturated carbocycles. The maximum absolute atomic E-state index is 11.9. The number of urea groups is 1. The Morgan fingerprint density at radius 3 is 3.00 bits per heavy atom. The average Bonchev–Trinajstić information content (AvgIpc) is 2.85. The third-order valence-electron chi connectivity index (χ3n) is 3.18. The van der Waals surface area contributed by atoms with E-state index in [2.05, 4.69) is 10.3 Å². The number of aliphatic carboxylic acids is 1. The maximum atomic E-state index is 11.9. The predicted octanol–water partition coefficient (Wildman–Crippen LogP) is 1.09. The smallest absolute Gasteiger partial charge is 0.317 e. The molecule has 1 saturated heterocycles. The highest BCUT2D eigenvalue weighted by molar-refractivity contribution is 5.74. The van der Waals surface area contributed by atoms with E-state index in [1.54, 1.807) is 11.1 Å². The first kappa shape index (κ1) is 13.3. The van der Waals surface area contributed by atoms with E-state index < -0.39 is 5.97 Å². The second-order valence-electron chi connectivity index (χ2n) is 4.68. The van der Waals surface area contributed by atoms with E-state index in [1.165, 1.54) is 0 Å². The number of amides is 2. The average molecular weight is 263 g/mol. The van der Waals surface area contributed by atoms with Gasteiger partial charge >= 0.3 is 12.0 Å². The van der Waals surface area contributed by atoms with E-state index >= 15 is 0 Å². The number of pyridine rings is 1. The summed E-state index contributed by atoms with van der Waals surface area (Å²) < 4.78 is 0. The van der Waals surface area contributed by atoms with Gasteiger partial charge in [0, 0.05) is 25.7 Å². The number of likely N-dealkylation sites (tertiary alicyclic amines) is 1. The van der Waals surface area contributed by atoms with E-state index in [-0.39, 0.29) is 18.4 Å². The van der Waals surface area contributed by atoms with E-state index in [4.69, 9.17) is 5.11 Å². The first-order valence-electron chi connectivity index (χ1n) is 6.29. The Balaban J connectivity index is 1.77. The van der Waals surface area contributed by atoms with Gasteiger partial charge in [0.1, 0.15) is 0 Å². The fourth-order valence-corrected chi connectivity index (χ4v) is 2.21. The van der Waals surface area contributed by atoms with Crippen molar-refractivity contribution in [2.45, 2.75) is 19.4 Å². The minimum absolute atomic E-state index is 0.0677. The highest BCUT2D eigenvalue weighted by Crippen LogP contribution is 2.19. The van der Waals surface area contributed by atoms with Crippen molar-refractivity contribution < 1.29 is 14.7 Å². The van der Waals surface area contributed by atoms with Crippen LogP contribution in [0, 0.1) is 5.92 Å². The van der Waals surface area contributed by atoms with Gasteiger partial charge in [0.2, 0.25) is 0 Å². The van der Waals surface area contributed by atoms with Gasteiger partial charge in [-0.1, -0.05) is 6.07 Å². The third-order valence-corrected chi connectivity index (χ3v) is 3.18. The molecule has 2 heterocycles. The minimum Gasteiger partial charge on any atom is -0.481 e. The lowest BCUT2D eigenvalue weighted by atomic mass is 10.1. The molecule has 2 amide bonds. The minimum atomic E-state index is -0.805. The summed E-state index contributed by atoms with van der Waals surface area (Å²) in [5, 5.41) is 11.5. The summed E-state index contributed by atoms with van der Waals surface area (Å²) in [5.41, 5.74) is 0.803. The molecule has 2 N–H and O–H groups in total. The fourth-order valence-electron chi connectivity index (χ4n) is 2.21. The van der Waals surface area contributed by atoms with Gasteiger partial charge < -0.3 is 15.3 Å². The highest BCUT2D eigenvalue weighted by Gasteiger charge is 2.27. The summed E-state index contributed by atoms with van der Waals surface area (Å²) in [6, 6.07) is 5.38. The van der Waals surface area contributed by atoms with Gasteiger partial charge in [-0.3, -0.25) is 9.78 Å². The molecule has 1 aliphatic heterocycles. The van der Waals surface area contributed by atoms with Crippen LogP contribution in [0.15, 0.2) is 24.4 Å². The van der Waals surface area contributed by atoms with Crippen LogP contribution in [-0.4, -0.2) is 40.1 Å². The van der Waals surface area contributed by atoms with Crippen LogP contribution in [-0.2, 0) is 11.3 Å². The van der Waals surface area contributed by atoms with Gasteiger partial charge in [0.05, 0.1) is 12.2 Å². The van der Waals surface area contributed by atoms with Gasteiger partial charge in [-0.15, -0.1) is 0 Å². The standard InChI is InChI=1S/C13H17N3O3/c17-12(18)7-10-4-6-16(9-10)13(19)15-8-11-3-1-2-5-14-11/h1-3,5,10H,4,6-9H2,(H,15,19)(H,17,18). The summed E-state index contributed by atoms with van der Waals surface area (Å²) in [7, 11) is 0. The molecule has 1 atom stereocenters. The Morgan fingerprint density at radius 1 is 1.47 bits per heavy atom. The molecule has 1 fully saturated rings. The quantitative estimate of drug-likeness (QED) is 0.851. The summed E-state index contributed by atoms with van der Waals surface area (Å²) in [5.74, 6) is -0.737. The van der Waals surface area contributed by atoms with Gasteiger partial charge in [-0.25, -0.2) is 4.79 Å². The highest BCUT2D eigenvalue weighted by atomic mass is 16.4. The van der Waals surface area contributed by atoms with Gasteiger partial charge in [0.25, 0.3) is 0 Å². The van der Waals surface area contributed by atoms with E-state index in [0.29, 0.717) is 19.6 Å². The van der Waals surface area contributed by atoms with E-state index in [1.807, 2.05) is 18.2 Å². The molecule has 102 valence electrons. The Bertz CT molecular complexity index is 450. The van der Waals surface area contributed by atoms with Crippen molar-refractivity contribution in [3.05, 3.63) is 30.1 Å². The number of aromatic nitrogens is 1. The van der Waals surface area contributed by atoms with Crippen molar-refractivity contribution in [3.8, 4) is 0 Å². The summed E-state index contributed by atoms with van der Waals surface area (Å²) in [6.45, 7) is 1.52. The van der Waals surface area contributed by atoms with Crippen molar-refractivity contribution in [1.29, 1.82) is 0 Å². The number of hydrogen-bond donors (Lipinski definition) is 2. The summed E-state index contributed by atoms with van der Waals surface area (Å²) >= 11 is 0. The molecule has 0 bridgehead atoms. The second-order valence-corrected chi connectivity index (χ2v) is 4.68. The van der Waals surface area contributed by atoms with Gasteiger partial charge in [-0.05, 0) is 24.5 Å². The molecule has 0 aliphatic carbocycles. The van der Waals surface area contributed by atoms with Crippen molar-refractivity contribution in [3.63, 3.8) is 0 Å². The zero-order valence-electron chi connectivity index (χ0n) is 10.6. The fraction of sp³-hybridized carbons (Fsp3) is 0.462. The lowest BCUT2D eigenvalue weighted by molar-refractivity contribution is -0.138. The van der Waals surface area contributed by atoms with Crippen molar-refractivity contribution in [2.75, 3.05) is 13.1 Å². The summed E-state index contributed by atoms with van der Waals surface area (Å²) in [6.07, 6.45) is 2.56. The van der Waals surface area contributed by atoms with Crippen LogP contribution in [0.3, 0.4) is 0 Å². The molecular weight excluding hydrogens is 246 g/mol. The number of hydrogen-bond acceptors (Lipinski definition) is 3. The van der Waals surface area contributed by atoms with Crippen LogP contribution in [0.2, 0.25) is 0 Å². The zero-order chi connectivity index (χ0) is 13.7. The van der Waals surface area contributed by atoms with Crippen molar-refractivity contribution in [1.82, 2.24) is 15.2 Å². The number of nitrogens with one attached hydrogen (secondary N) is 1. The molecule has 6 nitrogen and oxygen atoms in total. The first-order valence-corrected chi connectivity index (χ1v) is 6.29. The van der Waals surface area contributed by atoms with Crippen molar-refractivity contribution >= 4 is 12.0 Å². The van der Waals surface area contributed by atoms with Crippen LogP contribution in [0.5, 0.6) is 0 Å². The van der Waals surface area contributed by atoms with Crippen LogP contribution >= 0.6 is 0 Å². The Morgan fingerprint density at radius 2 is 2.32 bits per heavy atom. The van der Waals surface area contributed by atoms with Crippen LogP contribution in [0.25, 0.3) is 0 Å². The molecule has 1 unspecified atom stereocenters. The first-order chi connectivity index (χ1) is 9.15. The zero-order valence-corrected chi connectivity index (χ0v) is 10.6. The van der Waals surface area contributed by atoms with Crippen LogP contribution in [0.1, 0.15) is 18.5 Å². The molecule has 1 aliphatic rings. The molecule has 6 heteroatoms. The number of carbonyl (C=O) groups excluding carboxylic acids is 1. The Kier molecular flexibility index (Phi) is 4.33. The largest absolute Gasteiger partial charge is 0.481 e. The van der Waals surface area contributed by atoms with Gasteiger partial charge in [0.15, 0.2) is 0 Å². The monoisotopic (exact) mass is 263 g/mol. The van der Waals surface area contributed by atoms with E-state index in [9.17, 15) is 9.59 Å². The number of rotatable bonds is 4. The predicted molar refractivity (Wildman–Crippen MR) is 68.4 cm³/mol. The number of carbonyl (C=O) groups is 2. The molecule has 0 spiro atoms. The number of carboxylic acid groups (broad SMARTS) is 1. The molecule has 2 rings (SSSR count). The molecule has 0 radical (unpaired) electrons. The Hall–Kier alpha value is -2.11. The molecule has 0 aromatic carbocycles. The number of nitrogens with zero attached hydrogens (tertiary/aromatic N) is 2. The third kappa shape index (κ3) is 3.94. The molecule has 1 aromatic rings. The van der Waals surface area contributed by atoms with Crippen molar-refractivity contribution in [2.24, 2.45) is 5.92 Å². The van der Waals surface area contributed by atoms with E-state index in [0.717, 1.165) is 12.1 Å². The topological polar surface area (TPSA) is 82.5 Å². The second kappa shape index (κ2) is 6.17. The van der Waals surface area contributed by atoms with Gasteiger partial charge in [-0.2, -0.15) is 0 Å². The lowest BCUT2D eigenvalue weighted by Crippen LogP contribution is -2.38.